The SMILES string of the molecule is Cc1cncc(NCC(C)C(C)C)n1. The number of nitrogens with zero attached hydrogens (tertiary/aromatic N) is 2. The lowest BCUT2D eigenvalue weighted by Crippen LogP contribution is -2.17. The molecule has 78 valence electrons. The molecule has 0 amide bonds. The first-order valence-corrected chi connectivity index (χ1v) is 5.12. The minimum Gasteiger partial charge on any atom is -0.369 e. The second-order valence-electron chi connectivity index (χ2n) is 4.15. The molecule has 0 saturated heterocycles. The van der Waals surface area contributed by atoms with Crippen molar-refractivity contribution in [1.82, 2.24) is 9.97 Å². The first kappa shape index (κ1) is 11.0. The molecule has 0 bridgehead atoms. The van der Waals surface area contributed by atoms with Gasteiger partial charge in [-0.05, 0) is 18.8 Å². The zero-order chi connectivity index (χ0) is 10.6. The number of hydrogen-bond donors (Lipinski definition) is 1. The quantitative estimate of drug-likeness (QED) is 0.798. The molecule has 0 aliphatic heterocycles. The summed E-state index contributed by atoms with van der Waals surface area (Å²) in [5, 5.41) is 3.29. The van der Waals surface area contributed by atoms with E-state index in [0.29, 0.717) is 11.8 Å². The van der Waals surface area contributed by atoms with E-state index in [1.54, 1.807) is 12.4 Å². The zero-order valence-corrected chi connectivity index (χ0v) is 9.41. The van der Waals surface area contributed by atoms with Gasteiger partial charge >= 0.3 is 0 Å². The molecule has 3 heteroatoms. The Morgan fingerprint density at radius 2 is 2.00 bits per heavy atom. The highest BCUT2D eigenvalue weighted by Crippen LogP contribution is 2.10. The molecule has 1 aromatic rings. The van der Waals surface area contributed by atoms with Gasteiger partial charge < -0.3 is 5.32 Å². The third-order valence-corrected chi connectivity index (χ3v) is 2.50. The van der Waals surface area contributed by atoms with Crippen molar-refractivity contribution >= 4 is 5.82 Å². The van der Waals surface area contributed by atoms with Gasteiger partial charge in [0.25, 0.3) is 0 Å². The summed E-state index contributed by atoms with van der Waals surface area (Å²) < 4.78 is 0. The standard InChI is InChI=1S/C11H19N3/c1-8(2)9(3)5-13-11-7-12-6-10(4)14-11/h6-9H,5H2,1-4H3,(H,13,14). The summed E-state index contributed by atoms with van der Waals surface area (Å²) in [6.45, 7) is 9.60. The van der Waals surface area contributed by atoms with E-state index in [-0.39, 0.29) is 0 Å². The smallest absolute Gasteiger partial charge is 0.144 e. The summed E-state index contributed by atoms with van der Waals surface area (Å²) in [7, 11) is 0. The monoisotopic (exact) mass is 193 g/mol. The van der Waals surface area contributed by atoms with E-state index in [0.717, 1.165) is 18.1 Å². The van der Waals surface area contributed by atoms with Crippen LogP contribution in [0.4, 0.5) is 5.82 Å². The van der Waals surface area contributed by atoms with E-state index >= 15 is 0 Å². The first-order valence-electron chi connectivity index (χ1n) is 5.12. The highest BCUT2D eigenvalue weighted by atomic mass is 15.0. The molecule has 0 radical (unpaired) electrons. The van der Waals surface area contributed by atoms with Gasteiger partial charge in [-0.25, -0.2) is 4.98 Å². The van der Waals surface area contributed by atoms with Crippen LogP contribution in [-0.2, 0) is 0 Å². The van der Waals surface area contributed by atoms with Gasteiger partial charge in [-0.1, -0.05) is 20.8 Å². The van der Waals surface area contributed by atoms with Crippen molar-refractivity contribution in [3.05, 3.63) is 18.1 Å². The minimum atomic E-state index is 0.650. The third kappa shape index (κ3) is 3.32. The van der Waals surface area contributed by atoms with Crippen LogP contribution in [0, 0.1) is 18.8 Å². The lowest BCUT2D eigenvalue weighted by atomic mass is 9.98. The molecule has 0 fully saturated rings. The molecule has 1 N–H and O–H groups in total. The lowest BCUT2D eigenvalue weighted by molar-refractivity contribution is 0.439. The molecule has 1 heterocycles. The van der Waals surface area contributed by atoms with Crippen LogP contribution < -0.4 is 5.32 Å². The average molecular weight is 193 g/mol. The zero-order valence-electron chi connectivity index (χ0n) is 9.41. The summed E-state index contributed by atoms with van der Waals surface area (Å²) >= 11 is 0. The minimum absolute atomic E-state index is 0.650. The fourth-order valence-electron chi connectivity index (χ4n) is 1.05. The second kappa shape index (κ2) is 4.94. The van der Waals surface area contributed by atoms with Crippen molar-refractivity contribution < 1.29 is 0 Å². The van der Waals surface area contributed by atoms with Gasteiger partial charge in [-0.15, -0.1) is 0 Å². The van der Waals surface area contributed by atoms with E-state index in [1.807, 2.05) is 6.92 Å². The molecule has 0 aromatic carbocycles. The van der Waals surface area contributed by atoms with Gasteiger partial charge in [-0.3, -0.25) is 4.98 Å². The number of rotatable bonds is 4. The van der Waals surface area contributed by atoms with Crippen LogP contribution in [0.25, 0.3) is 0 Å². The molecule has 1 atom stereocenters. The second-order valence-corrected chi connectivity index (χ2v) is 4.15. The Morgan fingerprint density at radius 1 is 1.29 bits per heavy atom. The fraction of sp³-hybridized carbons (Fsp3) is 0.636. The predicted octanol–water partition coefficient (Wildman–Crippen LogP) is 2.49. The summed E-state index contributed by atoms with van der Waals surface area (Å²) in [6.07, 6.45) is 3.52. The molecular formula is C11H19N3. The van der Waals surface area contributed by atoms with Gasteiger partial charge in [-0.2, -0.15) is 0 Å². The van der Waals surface area contributed by atoms with Crippen LogP contribution in [0.5, 0.6) is 0 Å². The number of hydrogen-bond acceptors (Lipinski definition) is 3. The van der Waals surface area contributed by atoms with Gasteiger partial charge in [0.2, 0.25) is 0 Å². The predicted molar refractivity (Wildman–Crippen MR) is 59.3 cm³/mol. The molecule has 3 nitrogen and oxygen atoms in total. The van der Waals surface area contributed by atoms with Crippen LogP contribution in [-0.4, -0.2) is 16.5 Å². The van der Waals surface area contributed by atoms with Crippen molar-refractivity contribution in [2.75, 3.05) is 11.9 Å². The third-order valence-electron chi connectivity index (χ3n) is 2.50. The Bertz CT molecular complexity index is 284. The summed E-state index contributed by atoms with van der Waals surface area (Å²) in [4.78, 5) is 8.41. The average Bonchev–Trinajstić information content (AvgIpc) is 2.14. The molecule has 0 aliphatic carbocycles. The molecule has 1 rings (SSSR count). The number of nitrogens with one attached hydrogen (secondary N) is 1. The summed E-state index contributed by atoms with van der Waals surface area (Å²) in [5.41, 5.74) is 0.951. The van der Waals surface area contributed by atoms with Crippen LogP contribution >= 0.6 is 0 Å². The van der Waals surface area contributed by atoms with Gasteiger partial charge in [0.05, 0.1) is 11.9 Å². The number of aryl methyl sites for hydroxylation is 1. The Labute approximate surface area is 86.0 Å². The first-order chi connectivity index (χ1) is 6.59. The van der Waals surface area contributed by atoms with E-state index in [2.05, 4.69) is 36.1 Å². The number of anilines is 1. The van der Waals surface area contributed by atoms with E-state index in [1.165, 1.54) is 0 Å². The topological polar surface area (TPSA) is 37.8 Å². The maximum absolute atomic E-state index is 4.33. The Balaban J connectivity index is 2.45. The number of aromatic nitrogens is 2. The van der Waals surface area contributed by atoms with Crippen LogP contribution in [0.1, 0.15) is 26.5 Å². The van der Waals surface area contributed by atoms with Crippen LogP contribution in [0.2, 0.25) is 0 Å². The van der Waals surface area contributed by atoms with Crippen molar-refractivity contribution in [1.29, 1.82) is 0 Å². The Morgan fingerprint density at radius 3 is 2.57 bits per heavy atom. The molecule has 0 spiro atoms. The van der Waals surface area contributed by atoms with E-state index in [9.17, 15) is 0 Å². The fourth-order valence-corrected chi connectivity index (χ4v) is 1.05. The molecule has 1 aromatic heterocycles. The lowest BCUT2D eigenvalue weighted by Gasteiger charge is -2.16. The van der Waals surface area contributed by atoms with Crippen LogP contribution in [0.3, 0.4) is 0 Å². The Hall–Kier alpha value is -1.12. The highest BCUT2D eigenvalue weighted by molar-refractivity contribution is 5.31. The molecule has 0 aliphatic rings. The summed E-state index contributed by atoms with van der Waals surface area (Å²) in [6, 6.07) is 0. The maximum Gasteiger partial charge on any atom is 0.144 e. The normalized spacial score (nSPS) is 12.9. The van der Waals surface area contributed by atoms with Gasteiger partial charge in [0.15, 0.2) is 0 Å². The highest BCUT2D eigenvalue weighted by Gasteiger charge is 2.06. The van der Waals surface area contributed by atoms with Crippen molar-refractivity contribution in [3.63, 3.8) is 0 Å². The van der Waals surface area contributed by atoms with E-state index < -0.39 is 0 Å². The van der Waals surface area contributed by atoms with E-state index in [4.69, 9.17) is 0 Å². The van der Waals surface area contributed by atoms with Crippen molar-refractivity contribution in [2.45, 2.75) is 27.7 Å². The largest absolute Gasteiger partial charge is 0.369 e. The Kier molecular flexibility index (Phi) is 3.86. The van der Waals surface area contributed by atoms with Crippen molar-refractivity contribution in [2.24, 2.45) is 11.8 Å². The molecule has 14 heavy (non-hydrogen) atoms. The van der Waals surface area contributed by atoms with Gasteiger partial charge in [0.1, 0.15) is 5.82 Å². The molecular weight excluding hydrogens is 174 g/mol. The molecule has 0 saturated carbocycles. The van der Waals surface area contributed by atoms with Gasteiger partial charge in [0, 0.05) is 12.7 Å². The maximum atomic E-state index is 4.33. The van der Waals surface area contributed by atoms with Crippen molar-refractivity contribution in [3.8, 4) is 0 Å². The van der Waals surface area contributed by atoms with Crippen LogP contribution in [0.15, 0.2) is 12.4 Å². The summed E-state index contributed by atoms with van der Waals surface area (Å²) in [5.74, 6) is 2.22. The molecule has 1 unspecified atom stereocenters.